The van der Waals surface area contributed by atoms with Gasteiger partial charge in [0, 0.05) is 16.0 Å². The van der Waals surface area contributed by atoms with Gasteiger partial charge in [-0.3, -0.25) is 9.59 Å². The van der Waals surface area contributed by atoms with Gasteiger partial charge in [0.15, 0.2) is 0 Å². The van der Waals surface area contributed by atoms with Crippen molar-refractivity contribution in [2.24, 2.45) is 0 Å². The van der Waals surface area contributed by atoms with E-state index in [2.05, 4.69) is 15.9 Å². The Bertz CT molecular complexity index is 858. The molecule has 0 N–H and O–H groups in total. The zero-order chi connectivity index (χ0) is 18.8. The van der Waals surface area contributed by atoms with Crippen LogP contribution >= 0.6 is 27.5 Å². The van der Waals surface area contributed by atoms with Crippen LogP contribution in [-0.4, -0.2) is 24.8 Å². The van der Waals surface area contributed by atoms with Gasteiger partial charge in [-0.1, -0.05) is 27.5 Å². The molecule has 0 radical (unpaired) electrons. The summed E-state index contributed by atoms with van der Waals surface area (Å²) in [6, 6.07) is 9.19. The number of hydrogen-bond donors (Lipinski definition) is 0. The lowest BCUT2D eigenvalue weighted by Gasteiger charge is -2.16. The van der Waals surface area contributed by atoms with Crippen LogP contribution in [0.2, 0.25) is 5.02 Å². The molecule has 0 bridgehead atoms. The maximum absolute atomic E-state index is 12.2. The first-order chi connectivity index (χ1) is 12.4. The molecule has 2 aromatic carbocycles. The van der Waals surface area contributed by atoms with Crippen LogP contribution in [0.25, 0.3) is 0 Å². The maximum atomic E-state index is 12.2. The van der Waals surface area contributed by atoms with E-state index in [1.54, 1.807) is 17.0 Å². The molecule has 1 aliphatic heterocycles. The number of benzene rings is 2. The molecule has 4 nitrogen and oxygen atoms in total. The summed E-state index contributed by atoms with van der Waals surface area (Å²) < 4.78 is 6.58. The van der Waals surface area contributed by atoms with Crippen LogP contribution in [0, 0.1) is 13.8 Å². The van der Waals surface area contributed by atoms with Gasteiger partial charge in [0.25, 0.3) is 11.7 Å². The zero-order valence-corrected chi connectivity index (χ0v) is 17.0. The number of anilines is 1. The molecule has 1 amide bonds. The number of carbonyl (C=O) groups excluding carboxylic acids is 2. The van der Waals surface area contributed by atoms with E-state index < -0.39 is 11.7 Å². The number of carbonyl (C=O) groups is 2. The lowest BCUT2D eigenvalue weighted by atomic mass is 10.1. The second kappa shape index (κ2) is 7.80. The van der Waals surface area contributed by atoms with Crippen LogP contribution in [0.4, 0.5) is 5.69 Å². The first-order valence-electron chi connectivity index (χ1n) is 8.44. The number of fused-ring (bicyclic) bond motifs is 1. The lowest BCUT2D eigenvalue weighted by molar-refractivity contribution is -0.114. The minimum atomic E-state index is -0.456. The third-order valence-corrected chi connectivity index (χ3v) is 5.48. The van der Waals surface area contributed by atoms with E-state index in [1.807, 2.05) is 32.0 Å². The summed E-state index contributed by atoms with van der Waals surface area (Å²) in [5.74, 6) is -0.0975. The number of ether oxygens (including phenoxy) is 1. The Morgan fingerprint density at radius 2 is 1.77 bits per heavy atom. The van der Waals surface area contributed by atoms with Gasteiger partial charge in [0.2, 0.25) is 0 Å². The minimum Gasteiger partial charge on any atom is -0.494 e. The molecule has 26 heavy (non-hydrogen) atoms. The normalized spacial score (nSPS) is 13.3. The Morgan fingerprint density at radius 3 is 2.46 bits per heavy atom. The van der Waals surface area contributed by atoms with Gasteiger partial charge in [0.1, 0.15) is 5.75 Å². The smallest absolute Gasteiger partial charge is 0.299 e. The van der Waals surface area contributed by atoms with E-state index in [4.69, 9.17) is 16.3 Å². The van der Waals surface area contributed by atoms with Crippen molar-refractivity contribution in [3.8, 4) is 5.75 Å². The van der Waals surface area contributed by atoms with Gasteiger partial charge in [-0.15, -0.1) is 0 Å². The predicted molar refractivity (Wildman–Crippen MR) is 106 cm³/mol. The van der Waals surface area contributed by atoms with Gasteiger partial charge in [-0.2, -0.15) is 0 Å². The van der Waals surface area contributed by atoms with Crippen LogP contribution in [0.15, 0.2) is 34.8 Å². The van der Waals surface area contributed by atoms with Crippen LogP contribution in [0.5, 0.6) is 5.75 Å². The highest BCUT2D eigenvalue weighted by molar-refractivity contribution is 9.10. The van der Waals surface area contributed by atoms with E-state index in [0.717, 1.165) is 39.2 Å². The highest BCUT2D eigenvalue weighted by Crippen LogP contribution is 2.31. The van der Waals surface area contributed by atoms with E-state index in [-0.39, 0.29) is 0 Å². The molecule has 0 saturated heterocycles. The summed E-state index contributed by atoms with van der Waals surface area (Å²) in [6.07, 6.45) is 1.53. The average molecular weight is 437 g/mol. The molecule has 1 heterocycles. The van der Waals surface area contributed by atoms with E-state index in [1.165, 1.54) is 0 Å². The fourth-order valence-corrected chi connectivity index (χ4v) is 3.52. The van der Waals surface area contributed by atoms with Crippen molar-refractivity contribution >= 4 is 44.9 Å². The molecule has 0 unspecified atom stereocenters. The Hall–Kier alpha value is -1.85. The Morgan fingerprint density at radius 1 is 1.08 bits per heavy atom. The van der Waals surface area contributed by atoms with Crippen molar-refractivity contribution in [2.75, 3.05) is 18.1 Å². The fourth-order valence-electron chi connectivity index (χ4n) is 3.05. The molecule has 0 saturated carbocycles. The van der Waals surface area contributed by atoms with E-state index in [0.29, 0.717) is 24.4 Å². The number of hydrogen-bond acceptors (Lipinski definition) is 3. The van der Waals surface area contributed by atoms with Gasteiger partial charge in [0.05, 0.1) is 17.9 Å². The molecule has 6 heteroatoms. The highest BCUT2D eigenvalue weighted by Gasteiger charge is 2.35. The number of aryl methyl sites for hydroxylation is 2. The lowest BCUT2D eigenvalue weighted by Crippen LogP contribution is -2.30. The third kappa shape index (κ3) is 3.79. The van der Waals surface area contributed by atoms with Gasteiger partial charge >= 0.3 is 0 Å². The van der Waals surface area contributed by atoms with Crippen molar-refractivity contribution in [1.29, 1.82) is 0 Å². The Kier molecular flexibility index (Phi) is 5.68. The number of ketones is 1. The molecule has 0 fully saturated rings. The van der Waals surface area contributed by atoms with Crippen molar-refractivity contribution in [3.63, 3.8) is 0 Å². The number of Topliss-reactive ketones (excluding diaryl/α,β-unsaturated/α-hetero) is 1. The number of unbranched alkanes of at least 4 members (excludes halogenated alkanes) is 1. The topological polar surface area (TPSA) is 46.6 Å². The number of amides is 1. The van der Waals surface area contributed by atoms with Gasteiger partial charge < -0.3 is 9.64 Å². The van der Waals surface area contributed by atoms with Crippen molar-refractivity contribution in [2.45, 2.75) is 26.7 Å². The average Bonchev–Trinajstić information content (AvgIpc) is 2.83. The summed E-state index contributed by atoms with van der Waals surface area (Å²) in [5, 5.41) is 0.764. The van der Waals surface area contributed by atoms with Crippen LogP contribution in [0.1, 0.15) is 34.3 Å². The van der Waals surface area contributed by atoms with Gasteiger partial charge in [-0.05, 0) is 68.1 Å². The zero-order valence-electron chi connectivity index (χ0n) is 14.6. The Balaban J connectivity index is 1.53. The first kappa shape index (κ1) is 18.9. The summed E-state index contributed by atoms with van der Waals surface area (Å²) >= 11 is 9.49. The summed E-state index contributed by atoms with van der Waals surface area (Å²) in [4.78, 5) is 25.8. The minimum absolute atomic E-state index is 0.440. The largest absolute Gasteiger partial charge is 0.494 e. The number of rotatable bonds is 6. The van der Waals surface area contributed by atoms with E-state index in [9.17, 15) is 9.59 Å². The Labute approximate surface area is 166 Å². The molecule has 2 aromatic rings. The van der Waals surface area contributed by atoms with Crippen LogP contribution in [0.3, 0.4) is 0 Å². The first-order valence-corrected chi connectivity index (χ1v) is 9.61. The van der Waals surface area contributed by atoms with Crippen LogP contribution in [-0.2, 0) is 4.79 Å². The van der Waals surface area contributed by atoms with Crippen molar-refractivity contribution < 1.29 is 14.3 Å². The summed E-state index contributed by atoms with van der Waals surface area (Å²) in [7, 11) is 0. The standard InChI is InChI=1S/C20H19BrClNO3/c1-12-9-15(10-13(2)18(12)22)26-8-4-3-7-23-17-6-5-14(21)11-16(17)19(24)20(23)25/h5-6,9-11H,3-4,7-8H2,1-2H3. The maximum Gasteiger partial charge on any atom is 0.299 e. The molecule has 136 valence electrons. The molecular weight excluding hydrogens is 418 g/mol. The van der Waals surface area contributed by atoms with Crippen LogP contribution < -0.4 is 9.64 Å². The molecule has 0 aliphatic carbocycles. The highest BCUT2D eigenvalue weighted by atomic mass is 79.9. The monoisotopic (exact) mass is 435 g/mol. The predicted octanol–water partition coefficient (Wildman–Crippen LogP) is 5.11. The summed E-state index contributed by atoms with van der Waals surface area (Å²) in [5.41, 5.74) is 3.14. The van der Waals surface area contributed by atoms with E-state index >= 15 is 0 Å². The molecule has 3 rings (SSSR count). The fraction of sp³-hybridized carbons (Fsp3) is 0.300. The SMILES string of the molecule is Cc1cc(OCCCCN2C(=O)C(=O)c3cc(Br)ccc32)cc(C)c1Cl. The molecule has 1 aliphatic rings. The second-order valence-electron chi connectivity index (χ2n) is 6.37. The number of nitrogens with zero attached hydrogens (tertiary/aromatic N) is 1. The third-order valence-electron chi connectivity index (χ3n) is 4.39. The second-order valence-corrected chi connectivity index (χ2v) is 7.67. The molecule has 0 spiro atoms. The molecule has 0 aromatic heterocycles. The molecular formula is C20H19BrClNO3. The number of halogens is 2. The molecule has 0 atom stereocenters. The van der Waals surface area contributed by atoms with Crippen molar-refractivity contribution in [1.82, 2.24) is 0 Å². The quantitative estimate of drug-likeness (QED) is 0.467. The van der Waals surface area contributed by atoms with Crippen molar-refractivity contribution in [3.05, 3.63) is 56.5 Å². The summed E-state index contributed by atoms with van der Waals surface area (Å²) in [6.45, 7) is 4.95. The van der Waals surface area contributed by atoms with Gasteiger partial charge in [-0.25, -0.2) is 0 Å².